The van der Waals surface area contributed by atoms with Gasteiger partial charge in [0.05, 0.1) is 11.4 Å². The van der Waals surface area contributed by atoms with Crippen molar-refractivity contribution >= 4 is 21.5 Å². The molecular formula is C60H44N2. The summed E-state index contributed by atoms with van der Waals surface area (Å²) >= 11 is 0. The number of hydrogen-bond donors (Lipinski definition) is 0. The molecule has 1 aromatic heterocycles. The lowest BCUT2D eigenvalue weighted by atomic mass is 9.81. The van der Waals surface area contributed by atoms with Crippen LogP contribution in [0.25, 0.3) is 100.0 Å². The van der Waals surface area contributed by atoms with Crippen LogP contribution in [0.4, 0.5) is 0 Å². The van der Waals surface area contributed by atoms with Gasteiger partial charge in [0, 0.05) is 27.5 Å². The van der Waals surface area contributed by atoms with E-state index in [0.717, 1.165) is 33.5 Å². The van der Waals surface area contributed by atoms with Crippen molar-refractivity contribution in [3.05, 3.63) is 216 Å². The van der Waals surface area contributed by atoms with Crippen LogP contribution in [-0.2, 0) is 10.8 Å². The van der Waals surface area contributed by atoms with Gasteiger partial charge in [0.1, 0.15) is 0 Å². The summed E-state index contributed by atoms with van der Waals surface area (Å²) in [7, 11) is 0. The van der Waals surface area contributed by atoms with E-state index in [0.29, 0.717) is 5.82 Å². The molecule has 0 fully saturated rings. The van der Waals surface area contributed by atoms with Gasteiger partial charge in [-0.05, 0) is 113 Å². The molecule has 0 saturated carbocycles. The first kappa shape index (κ1) is 36.4. The minimum Gasteiger partial charge on any atom is -0.228 e. The van der Waals surface area contributed by atoms with E-state index in [1.807, 2.05) is 6.07 Å². The molecule has 0 amide bonds. The van der Waals surface area contributed by atoms with E-state index >= 15 is 0 Å². The second-order valence-electron chi connectivity index (χ2n) is 18.1. The van der Waals surface area contributed by atoms with Gasteiger partial charge in [0.15, 0.2) is 5.82 Å². The molecule has 0 bridgehead atoms. The highest BCUT2D eigenvalue weighted by atomic mass is 14.9. The number of fused-ring (bicyclic) bond motifs is 8. The first-order chi connectivity index (χ1) is 30.3. The highest BCUT2D eigenvalue weighted by Crippen LogP contribution is 2.54. The van der Waals surface area contributed by atoms with Crippen molar-refractivity contribution < 1.29 is 0 Å². The highest BCUT2D eigenvalue weighted by Gasteiger charge is 2.38. The van der Waals surface area contributed by atoms with E-state index in [2.05, 4.69) is 216 Å². The van der Waals surface area contributed by atoms with Gasteiger partial charge in [0.2, 0.25) is 0 Å². The molecule has 10 aromatic rings. The summed E-state index contributed by atoms with van der Waals surface area (Å²) in [6, 6.07) is 71.1. The Balaban J connectivity index is 1.04. The van der Waals surface area contributed by atoms with Gasteiger partial charge in [-0.3, -0.25) is 0 Å². The zero-order chi connectivity index (χ0) is 41.7. The smallest absolute Gasteiger partial charge is 0.160 e. The van der Waals surface area contributed by atoms with E-state index in [1.54, 1.807) is 0 Å². The predicted octanol–water partition coefficient (Wildman–Crippen LogP) is 15.7. The minimum absolute atomic E-state index is 0.0340. The van der Waals surface area contributed by atoms with Crippen LogP contribution in [0.1, 0.15) is 49.9 Å². The number of aromatic nitrogens is 2. The molecule has 0 radical (unpaired) electrons. The van der Waals surface area contributed by atoms with E-state index in [9.17, 15) is 0 Å². The van der Waals surface area contributed by atoms with Crippen molar-refractivity contribution in [1.82, 2.24) is 9.97 Å². The molecule has 2 aliphatic carbocycles. The van der Waals surface area contributed by atoms with Crippen molar-refractivity contribution in [1.29, 1.82) is 0 Å². The molecule has 9 aromatic carbocycles. The molecule has 2 aliphatic rings. The zero-order valence-corrected chi connectivity index (χ0v) is 35.4. The lowest BCUT2D eigenvalue weighted by molar-refractivity contribution is 0.660. The van der Waals surface area contributed by atoms with Crippen LogP contribution < -0.4 is 0 Å². The minimum atomic E-state index is -0.161. The van der Waals surface area contributed by atoms with Gasteiger partial charge in [-0.25, -0.2) is 9.97 Å². The van der Waals surface area contributed by atoms with Gasteiger partial charge < -0.3 is 0 Å². The average molecular weight is 793 g/mol. The van der Waals surface area contributed by atoms with Crippen molar-refractivity contribution in [2.45, 2.75) is 38.5 Å². The Morgan fingerprint density at radius 2 is 0.871 bits per heavy atom. The number of rotatable bonds is 5. The summed E-state index contributed by atoms with van der Waals surface area (Å²) in [6.07, 6.45) is 0. The molecule has 0 saturated heterocycles. The van der Waals surface area contributed by atoms with Crippen LogP contribution in [0.2, 0.25) is 0 Å². The lowest BCUT2D eigenvalue weighted by Crippen LogP contribution is -2.14. The second-order valence-corrected chi connectivity index (χ2v) is 18.1. The van der Waals surface area contributed by atoms with Gasteiger partial charge >= 0.3 is 0 Å². The molecule has 2 heteroatoms. The largest absolute Gasteiger partial charge is 0.228 e. The van der Waals surface area contributed by atoms with Crippen molar-refractivity contribution in [2.75, 3.05) is 0 Å². The first-order valence-electron chi connectivity index (χ1n) is 21.7. The highest BCUT2D eigenvalue weighted by molar-refractivity contribution is 6.07. The van der Waals surface area contributed by atoms with Crippen molar-refractivity contribution in [3.8, 4) is 78.4 Å². The zero-order valence-electron chi connectivity index (χ0n) is 35.4. The number of hydrogen-bond acceptors (Lipinski definition) is 2. The molecule has 0 atom stereocenters. The van der Waals surface area contributed by atoms with Crippen LogP contribution in [0.5, 0.6) is 0 Å². The van der Waals surface area contributed by atoms with Crippen molar-refractivity contribution in [2.24, 2.45) is 0 Å². The monoisotopic (exact) mass is 792 g/mol. The summed E-state index contributed by atoms with van der Waals surface area (Å²) < 4.78 is 0. The summed E-state index contributed by atoms with van der Waals surface area (Å²) in [6.45, 7) is 9.39. The van der Waals surface area contributed by atoms with Crippen LogP contribution in [0.15, 0.2) is 194 Å². The van der Waals surface area contributed by atoms with E-state index in [1.165, 1.54) is 82.9 Å². The first-order valence-corrected chi connectivity index (χ1v) is 21.7. The van der Waals surface area contributed by atoms with Gasteiger partial charge in [-0.2, -0.15) is 0 Å². The third-order valence-electron chi connectivity index (χ3n) is 13.9. The molecule has 1 heterocycles. The Morgan fingerprint density at radius 3 is 1.66 bits per heavy atom. The van der Waals surface area contributed by atoms with Gasteiger partial charge in [-0.1, -0.05) is 198 Å². The second kappa shape index (κ2) is 13.5. The van der Waals surface area contributed by atoms with Crippen LogP contribution in [-0.4, -0.2) is 9.97 Å². The SMILES string of the molecule is CC1(C)c2ccccc2-c2cc(-c3ccccc3-c3ccc(-c4cc(-c5cccc6c5-c5cc7ccccc7cc5C6(C)C)nc(-c5ccccc5)n4)c4ccccc34)ccc21. The third kappa shape index (κ3) is 5.43. The lowest BCUT2D eigenvalue weighted by Gasteiger charge is -2.22. The topological polar surface area (TPSA) is 25.8 Å². The Labute approximate surface area is 363 Å². The normalized spacial score (nSPS) is 14.1. The Bertz CT molecular complexity index is 3460. The maximum Gasteiger partial charge on any atom is 0.160 e. The van der Waals surface area contributed by atoms with E-state index < -0.39 is 0 Å². The van der Waals surface area contributed by atoms with Crippen LogP contribution in [0, 0.1) is 0 Å². The van der Waals surface area contributed by atoms with Gasteiger partial charge in [-0.15, -0.1) is 0 Å². The number of benzene rings is 9. The van der Waals surface area contributed by atoms with E-state index in [4.69, 9.17) is 9.97 Å². The van der Waals surface area contributed by atoms with Crippen LogP contribution in [0.3, 0.4) is 0 Å². The molecule has 2 nitrogen and oxygen atoms in total. The molecule has 0 N–H and O–H groups in total. The Morgan fingerprint density at radius 1 is 0.306 bits per heavy atom. The predicted molar refractivity (Wildman–Crippen MR) is 259 cm³/mol. The molecule has 0 aliphatic heterocycles. The standard InChI is InChI=1S/C60H44N2/c1-59(2)51-27-15-14-25-46(51)49-34-40(29-32-52(49)59)41-21-10-11-22-42(41)45-30-31-47(44-24-13-12-23-43(44)45)55-36-56(62-58(61-55)37-17-6-5-7-18-37)48-26-16-28-53-57(48)50-33-38-19-8-9-20-39(38)35-54(50)60(53,3)4/h5-36H,1-4H3. The Hall–Kier alpha value is -7.42. The fourth-order valence-electron chi connectivity index (χ4n) is 10.7. The quantitative estimate of drug-likeness (QED) is 0.173. The fourth-order valence-corrected chi connectivity index (χ4v) is 10.7. The van der Waals surface area contributed by atoms with Crippen LogP contribution >= 0.6 is 0 Å². The fraction of sp³-hybridized carbons (Fsp3) is 0.100. The molecule has 62 heavy (non-hydrogen) atoms. The van der Waals surface area contributed by atoms with Crippen molar-refractivity contribution in [3.63, 3.8) is 0 Å². The molecule has 12 rings (SSSR count). The molecular weight excluding hydrogens is 749 g/mol. The average Bonchev–Trinajstić information content (AvgIpc) is 3.69. The number of nitrogens with zero attached hydrogens (tertiary/aromatic N) is 2. The van der Waals surface area contributed by atoms with Gasteiger partial charge in [0.25, 0.3) is 0 Å². The summed E-state index contributed by atoms with van der Waals surface area (Å²) in [5, 5.41) is 4.86. The maximum absolute atomic E-state index is 5.39. The molecule has 294 valence electrons. The molecule has 0 unspecified atom stereocenters. The Kier molecular flexibility index (Phi) is 7.96. The summed E-state index contributed by atoms with van der Waals surface area (Å²) in [5.74, 6) is 0.714. The summed E-state index contributed by atoms with van der Waals surface area (Å²) in [5.41, 5.74) is 20.3. The van der Waals surface area contributed by atoms with E-state index in [-0.39, 0.29) is 10.8 Å². The third-order valence-corrected chi connectivity index (χ3v) is 13.9. The summed E-state index contributed by atoms with van der Waals surface area (Å²) in [4.78, 5) is 10.8. The molecule has 0 spiro atoms. The maximum atomic E-state index is 5.39.